The monoisotopic (exact) mass is 162 g/mol. The highest BCUT2D eigenvalue weighted by Gasteiger charge is 2.09. The molecule has 2 rings (SSSR count). The number of aryl methyl sites for hydroxylation is 2. The van der Waals surface area contributed by atoms with Crippen LogP contribution in [-0.4, -0.2) is 4.57 Å². The summed E-state index contributed by atoms with van der Waals surface area (Å²) in [6.07, 6.45) is 3.98. The Morgan fingerprint density at radius 3 is 2.83 bits per heavy atom. The lowest BCUT2D eigenvalue weighted by Crippen LogP contribution is -2.19. The van der Waals surface area contributed by atoms with Crippen LogP contribution in [0.15, 0.2) is 24.5 Å². The Labute approximate surface area is 71.0 Å². The van der Waals surface area contributed by atoms with Crippen LogP contribution in [0.1, 0.15) is 5.69 Å². The minimum absolute atomic E-state index is 0.790. The second kappa shape index (κ2) is 2.24. The zero-order chi connectivity index (χ0) is 8.72. The Balaban J connectivity index is 2.87. The number of nitrogen functional groups attached to an aromatic ring is 1. The van der Waals surface area contributed by atoms with Gasteiger partial charge < -0.3 is 5.73 Å². The maximum atomic E-state index is 5.65. The zero-order valence-electron chi connectivity index (χ0n) is 7.28. The first-order chi connectivity index (χ1) is 5.68. The summed E-state index contributed by atoms with van der Waals surface area (Å²) < 4.78 is 4.16. The number of nitrogens with two attached hydrogens (primary N) is 1. The van der Waals surface area contributed by atoms with Gasteiger partial charge in [-0.2, -0.15) is 0 Å². The van der Waals surface area contributed by atoms with E-state index in [0.29, 0.717) is 0 Å². The van der Waals surface area contributed by atoms with Crippen molar-refractivity contribution in [3.05, 3.63) is 30.2 Å². The summed E-state index contributed by atoms with van der Waals surface area (Å²) in [5.41, 5.74) is 8.82. The summed E-state index contributed by atoms with van der Waals surface area (Å²) in [5.74, 6) is 0. The molecule has 0 fully saturated rings. The van der Waals surface area contributed by atoms with Gasteiger partial charge in [0.2, 0.25) is 0 Å². The highest BCUT2D eigenvalue weighted by Crippen LogP contribution is 2.04. The van der Waals surface area contributed by atoms with Gasteiger partial charge in [-0.3, -0.25) is 0 Å². The van der Waals surface area contributed by atoms with Crippen LogP contribution in [0.3, 0.4) is 0 Å². The maximum Gasteiger partial charge on any atom is 0.286 e. The van der Waals surface area contributed by atoms with Crippen molar-refractivity contribution in [2.75, 3.05) is 5.73 Å². The summed E-state index contributed by atoms with van der Waals surface area (Å²) in [4.78, 5) is 0. The van der Waals surface area contributed by atoms with Crippen molar-refractivity contribution in [3.63, 3.8) is 0 Å². The van der Waals surface area contributed by atoms with Crippen LogP contribution in [0.25, 0.3) is 5.65 Å². The number of hydrogen-bond acceptors (Lipinski definition) is 1. The van der Waals surface area contributed by atoms with Crippen LogP contribution in [-0.2, 0) is 7.05 Å². The molecule has 0 aliphatic heterocycles. The first-order valence-corrected chi connectivity index (χ1v) is 3.91. The molecular formula is C9H12N3+. The third-order valence-corrected chi connectivity index (χ3v) is 2.18. The molecule has 0 amide bonds. The lowest BCUT2D eigenvalue weighted by Gasteiger charge is -1.90. The van der Waals surface area contributed by atoms with E-state index in [-0.39, 0.29) is 0 Å². The third kappa shape index (κ3) is 0.863. The molecule has 0 spiro atoms. The van der Waals surface area contributed by atoms with Gasteiger partial charge >= 0.3 is 0 Å². The van der Waals surface area contributed by atoms with E-state index in [0.717, 1.165) is 11.3 Å². The van der Waals surface area contributed by atoms with Crippen molar-refractivity contribution in [1.82, 2.24) is 4.57 Å². The highest BCUT2D eigenvalue weighted by atomic mass is 15.1. The minimum atomic E-state index is 0.790. The Bertz CT molecular complexity index is 429. The fourth-order valence-corrected chi connectivity index (χ4v) is 1.38. The van der Waals surface area contributed by atoms with Crippen molar-refractivity contribution in [1.29, 1.82) is 0 Å². The van der Waals surface area contributed by atoms with Gasteiger partial charge in [0.05, 0.1) is 12.7 Å². The van der Waals surface area contributed by atoms with Crippen LogP contribution in [0, 0.1) is 6.92 Å². The maximum absolute atomic E-state index is 5.65. The number of pyridine rings is 1. The molecule has 0 radical (unpaired) electrons. The van der Waals surface area contributed by atoms with Gasteiger partial charge in [0, 0.05) is 13.0 Å². The third-order valence-electron chi connectivity index (χ3n) is 2.18. The predicted molar refractivity (Wildman–Crippen MR) is 47.7 cm³/mol. The van der Waals surface area contributed by atoms with E-state index in [1.165, 1.54) is 5.69 Å². The van der Waals surface area contributed by atoms with E-state index >= 15 is 0 Å². The molecule has 2 aromatic rings. The molecular weight excluding hydrogens is 150 g/mol. The number of imidazole rings is 1. The van der Waals surface area contributed by atoms with Crippen LogP contribution in [0.4, 0.5) is 5.69 Å². The average Bonchev–Trinajstić information content (AvgIpc) is 2.28. The van der Waals surface area contributed by atoms with Crippen molar-refractivity contribution in [2.24, 2.45) is 7.05 Å². The summed E-state index contributed by atoms with van der Waals surface area (Å²) in [7, 11) is 2.04. The van der Waals surface area contributed by atoms with Crippen LogP contribution < -0.4 is 10.1 Å². The number of rotatable bonds is 0. The smallest absolute Gasteiger partial charge is 0.286 e. The largest absolute Gasteiger partial charge is 0.396 e. The Morgan fingerprint density at radius 2 is 2.08 bits per heavy atom. The minimum Gasteiger partial charge on any atom is -0.396 e. The first kappa shape index (κ1) is 7.16. The summed E-state index contributed by atoms with van der Waals surface area (Å²) in [5, 5.41) is 0. The summed E-state index contributed by atoms with van der Waals surface area (Å²) >= 11 is 0. The second-order valence-corrected chi connectivity index (χ2v) is 3.06. The first-order valence-electron chi connectivity index (χ1n) is 3.91. The van der Waals surface area contributed by atoms with Gasteiger partial charge in [-0.15, -0.1) is 0 Å². The van der Waals surface area contributed by atoms with Gasteiger partial charge in [0.15, 0.2) is 0 Å². The van der Waals surface area contributed by atoms with Crippen molar-refractivity contribution < 1.29 is 4.40 Å². The van der Waals surface area contributed by atoms with Crippen LogP contribution in [0.2, 0.25) is 0 Å². The molecule has 3 heteroatoms. The fourth-order valence-electron chi connectivity index (χ4n) is 1.38. The molecule has 0 bridgehead atoms. The molecule has 0 saturated carbocycles. The zero-order valence-corrected chi connectivity index (χ0v) is 7.28. The quantitative estimate of drug-likeness (QED) is 0.567. The van der Waals surface area contributed by atoms with Crippen molar-refractivity contribution >= 4 is 11.3 Å². The van der Waals surface area contributed by atoms with E-state index in [2.05, 4.69) is 17.7 Å². The van der Waals surface area contributed by atoms with Gasteiger partial charge in [0.1, 0.15) is 18.1 Å². The van der Waals surface area contributed by atoms with E-state index in [9.17, 15) is 0 Å². The Morgan fingerprint density at radius 1 is 1.33 bits per heavy atom. The number of hydrogen-bond donors (Lipinski definition) is 1. The molecule has 0 atom stereocenters. The lowest BCUT2D eigenvalue weighted by molar-refractivity contribution is -0.510. The standard InChI is InChI=1S/C9H12N3/c1-7-5-12-6-8(10)3-4-9(12)11(7)2/h3-6H,10H2,1-2H3/q+1. The van der Waals surface area contributed by atoms with Gasteiger partial charge in [0.25, 0.3) is 5.65 Å². The molecule has 0 aliphatic carbocycles. The number of anilines is 1. The van der Waals surface area contributed by atoms with Crippen LogP contribution >= 0.6 is 0 Å². The van der Waals surface area contributed by atoms with Gasteiger partial charge in [-0.25, -0.2) is 8.97 Å². The second-order valence-electron chi connectivity index (χ2n) is 3.06. The summed E-state index contributed by atoms with van der Waals surface area (Å²) in [6.45, 7) is 2.07. The molecule has 3 nitrogen and oxygen atoms in total. The molecule has 2 heterocycles. The molecule has 0 aromatic carbocycles. The molecule has 2 N–H and O–H groups in total. The van der Waals surface area contributed by atoms with E-state index < -0.39 is 0 Å². The lowest BCUT2D eigenvalue weighted by atomic mass is 10.4. The molecule has 2 aromatic heterocycles. The van der Waals surface area contributed by atoms with Crippen molar-refractivity contribution in [3.8, 4) is 0 Å². The normalized spacial score (nSPS) is 10.8. The highest BCUT2D eigenvalue weighted by molar-refractivity contribution is 5.41. The van der Waals surface area contributed by atoms with Gasteiger partial charge in [-0.05, 0) is 6.07 Å². The fraction of sp³-hybridized carbons (Fsp3) is 0.222. The molecule has 62 valence electrons. The summed E-state index contributed by atoms with van der Waals surface area (Å²) in [6, 6.07) is 3.93. The van der Waals surface area contributed by atoms with Crippen molar-refractivity contribution in [2.45, 2.75) is 6.92 Å². The number of nitrogens with zero attached hydrogens (tertiary/aromatic N) is 2. The number of aromatic nitrogens is 2. The Kier molecular flexibility index (Phi) is 1.33. The number of fused-ring (bicyclic) bond motifs is 1. The molecule has 12 heavy (non-hydrogen) atoms. The van der Waals surface area contributed by atoms with E-state index in [1.54, 1.807) is 0 Å². The Hall–Kier alpha value is -1.51. The molecule has 0 aliphatic rings. The molecule has 0 saturated heterocycles. The predicted octanol–water partition coefficient (Wildman–Crippen LogP) is 0.654. The van der Waals surface area contributed by atoms with Crippen LogP contribution in [0.5, 0.6) is 0 Å². The van der Waals surface area contributed by atoms with E-state index in [4.69, 9.17) is 5.73 Å². The van der Waals surface area contributed by atoms with E-state index in [1.807, 2.05) is 29.8 Å². The topological polar surface area (TPSA) is 35.0 Å². The average molecular weight is 162 g/mol. The molecule has 0 unspecified atom stereocenters. The SMILES string of the molecule is Cc1c[n+]2cc(N)ccc2n1C. The van der Waals surface area contributed by atoms with Gasteiger partial charge in [-0.1, -0.05) is 0 Å².